The summed E-state index contributed by atoms with van der Waals surface area (Å²) in [6, 6.07) is 4.98. The Balaban J connectivity index is 1.44. The molecule has 0 unspecified atom stereocenters. The molecule has 0 radical (unpaired) electrons. The minimum absolute atomic E-state index is 0.179. The Labute approximate surface area is 155 Å². The smallest absolute Gasteiger partial charge is 0.277 e. The first-order chi connectivity index (χ1) is 13.2. The first-order valence-corrected chi connectivity index (χ1v) is 8.45. The lowest BCUT2D eigenvalue weighted by atomic mass is 10.3. The molecule has 4 rings (SSSR count). The van der Waals surface area contributed by atoms with Crippen molar-refractivity contribution in [2.75, 3.05) is 43.4 Å². The molecule has 1 fully saturated rings. The molecule has 1 aliphatic rings. The first-order valence-electron chi connectivity index (χ1n) is 8.45. The van der Waals surface area contributed by atoms with E-state index in [1.807, 2.05) is 0 Å². The van der Waals surface area contributed by atoms with Gasteiger partial charge >= 0.3 is 0 Å². The Morgan fingerprint density at radius 2 is 1.89 bits per heavy atom. The Kier molecular flexibility index (Phi) is 4.66. The van der Waals surface area contributed by atoms with Crippen LogP contribution in [-0.4, -0.2) is 79.0 Å². The van der Waals surface area contributed by atoms with E-state index in [0.717, 1.165) is 32.0 Å². The van der Waals surface area contributed by atoms with Gasteiger partial charge in [0, 0.05) is 32.2 Å². The van der Waals surface area contributed by atoms with E-state index in [1.165, 1.54) is 23.7 Å². The summed E-state index contributed by atoms with van der Waals surface area (Å²) < 4.78 is 1.46. The molecule has 1 N–H and O–H groups in total. The third-order valence-corrected chi connectivity index (χ3v) is 4.26. The number of carbonyl (C=O) groups is 1. The second-order valence-electron chi connectivity index (χ2n) is 6.12. The molecule has 11 nitrogen and oxygen atoms in total. The average molecular weight is 366 g/mol. The van der Waals surface area contributed by atoms with E-state index in [9.17, 15) is 4.79 Å². The van der Waals surface area contributed by atoms with Crippen LogP contribution in [0, 0.1) is 0 Å². The lowest BCUT2D eigenvalue weighted by molar-refractivity contribution is 0.102. The number of piperazine rings is 1. The molecular weight excluding hydrogens is 348 g/mol. The Morgan fingerprint density at radius 1 is 1.04 bits per heavy atom. The van der Waals surface area contributed by atoms with E-state index in [0.29, 0.717) is 11.6 Å². The summed E-state index contributed by atoms with van der Waals surface area (Å²) in [6.07, 6.45) is 4.35. The van der Waals surface area contributed by atoms with Gasteiger partial charge < -0.3 is 15.1 Å². The van der Waals surface area contributed by atoms with Crippen molar-refractivity contribution < 1.29 is 4.79 Å². The Morgan fingerprint density at radius 3 is 2.59 bits per heavy atom. The lowest BCUT2D eigenvalue weighted by Gasteiger charge is -2.33. The van der Waals surface area contributed by atoms with Gasteiger partial charge in [0.05, 0.1) is 0 Å². The summed E-state index contributed by atoms with van der Waals surface area (Å²) in [4.78, 5) is 29.1. The van der Waals surface area contributed by atoms with Gasteiger partial charge in [0.2, 0.25) is 0 Å². The molecular formula is C16H18N10O. The SMILES string of the molecule is CN1CCN(c2cc(NC(=O)c3ccc(-n4cncn4)nn3)ncn2)CC1. The zero-order chi connectivity index (χ0) is 18.6. The van der Waals surface area contributed by atoms with Gasteiger partial charge in [0.25, 0.3) is 5.91 Å². The standard InChI is InChI=1S/C16H18N10O/c1-24-4-6-25(7-5-24)15-8-13(18-10-19-15)21-16(27)12-2-3-14(23-22-12)26-11-17-9-20-26/h2-3,8-11H,4-7H2,1H3,(H,18,19,21,27). The number of aromatic nitrogens is 7. The van der Waals surface area contributed by atoms with Crippen LogP contribution in [0.15, 0.2) is 37.2 Å². The van der Waals surface area contributed by atoms with E-state index < -0.39 is 5.91 Å². The Hall–Kier alpha value is -3.47. The quantitative estimate of drug-likeness (QED) is 0.672. The van der Waals surface area contributed by atoms with Crippen molar-refractivity contribution in [2.45, 2.75) is 0 Å². The number of hydrogen-bond donors (Lipinski definition) is 1. The molecule has 27 heavy (non-hydrogen) atoms. The topological polar surface area (TPSA) is 118 Å². The second-order valence-corrected chi connectivity index (χ2v) is 6.12. The van der Waals surface area contributed by atoms with Crippen molar-refractivity contribution in [3.63, 3.8) is 0 Å². The zero-order valence-corrected chi connectivity index (χ0v) is 14.7. The fourth-order valence-electron chi connectivity index (χ4n) is 2.70. The number of anilines is 2. The maximum Gasteiger partial charge on any atom is 0.277 e. The number of carbonyl (C=O) groups excluding carboxylic acids is 1. The molecule has 138 valence electrons. The largest absolute Gasteiger partial charge is 0.354 e. The summed E-state index contributed by atoms with van der Waals surface area (Å²) in [5.41, 5.74) is 0.179. The maximum absolute atomic E-state index is 12.4. The molecule has 11 heteroatoms. The highest BCUT2D eigenvalue weighted by Gasteiger charge is 2.17. The van der Waals surface area contributed by atoms with Crippen molar-refractivity contribution >= 4 is 17.5 Å². The number of hydrogen-bond acceptors (Lipinski definition) is 9. The number of amides is 1. The van der Waals surface area contributed by atoms with Crippen LogP contribution in [-0.2, 0) is 0 Å². The van der Waals surface area contributed by atoms with Gasteiger partial charge in [-0.2, -0.15) is 5.10 Å². The Bertz CT molecular complexity index is 903. The predicted molar refractivity (Wildman–Crippen MR) is 96.6 cm³/mol. The minimum atomic E-state index is -0.393. The van der Waals surface area contributed by atoms with Crippen molar-refractivity contribution in [3.8, 4) is 5.82 Å². The van der Waals surface area contributed by atoms with Crippen molar-refractivity contribution in [3.05, 3.63) is 42.9 Å². The van der Waals surface area contributed by atoms with E-state index in [-0.39, 0.29) is 5.69 Å². The maximum atomic E-state index is 12.4. The molecule has 1 saturated heterocycles. The molecule has 0 aromatic carbocycles. The summed E-state index contributed by atoms with van der Waals surface area (Å²) >= 11 is 0. The molecule has 0 spiro atoms. The third kappa shape index (κ3) is 3.87. The van der Waals surface area contributed by atoms with Gasteiger partial charge in [-0.25, -0.2) is 19.6 Å². The normalized spacial score (nSPS) is 14.9. The fraction of sp³-hybridized carbons (Fsp3) is 0.312. The molecule has 3 aromatic rings. The highest BCUT2D eigenvalue weighted by Crippen LogP contribution is 2.16. The average Bonchev–Trinajstić information content (AvgIpc) is 3.24. The van der Waals surface area contributed by atoms with E-state index in [1.54, 1.807) is 18.2 Å². The molecule has 1 aliphatic heterocycles. The van der Waals surface area contributed by atoms with Crippen molar-refractivity contribution in [1.82, 2.24) is 39.8 Å². The van der Waals surface area contributed by atoms with Gasteiger partial charge in [-0.15, -0.1) is 10.2 Å². The molecule has 0 atom stereocenters. The van der Waals surface area contributed by atoms with Gasteiger partial charge in [0.15, 0.2) is 11.5 Å². The van der Waals surface area contributed by atoms with Crippen LogP contribution in [0.5, 0.6) is 0 Å². The van der Waals surface area contributed by atoms with Crippen LogP contribution in [0.2, 0.25) is 0 Å². The van der Waals surface area contributed by atoms with Crippen LogP contribution in [0.4, 0.5) is 11.6 Å². The van der Waals surface area contributed by atoms with Gasteiger partial charge in [-0.1, -0.05) is 0 Å². The van der Waals surface area contributed by atoms with Gasteiger partial charge in [0.1, 0.15) is 30.6 Å². The number of likely N-dealkylation sites (N-methyl/N-ethyl adjacent to an activating group) is 1. The number of nitrogens with one attached hydrogen (secondary N) is 1. The number of nitrogens with zero attached hydrogens (tertiary/aromatic N) is 9. The molecule has 4 heterocycles. The van der Waals surface area contributed by atoms with Crippen LogP contribution in [0.1, 0.15) is 10.5 Å². The van der Waals surface area contributed by atoms with Crippen LogP contribution < -0.4 is 10.2 Å². The summed E-state index contributed by atoms with van der Waals surface area (Å²) in [7, 11) is 2.10. The number of rotatable bonds is 4. The third-order valence-electron chi connectivity index (χ3n) is 4.26. The fourth-order valence-corrected chi connectivity index (χ4v) is 2.70. The summed E-state index contributed by atoms with van der Waals surface area (Å²) in [5, 5.41) is 14.6. The highest BCUT2D eigenvalue weighted by atomic mass is 16.2. The van der Waals surface area contributed by atoms with Crippen molar-refractivity contribution in [2.24, 2.45) is 0 Å². The van der Waals surface area contributed by atoms with Gasteiger partial charge in [-0.05, 0) is 19.2 Å². The van der Waals surface area contributed by atoms with Crippen LogP contribution in [0.25, 0.3) is 5.82 Å². The summed E-state index contributed by atoms with van der Waals surface area (Å²) in [6.45, 7) is 3.71. The zero-order valence-electron chi connectivity index (χ0n) is 14.7. The van der Waals surface area contributed by atoms with Crippen LogP contribution in [0.3, 0.4) is 0 Å². The monoisotopic (exact) mass is 366 g/mol. The van der Waals surface area contributed by atoms with Gasteiger partial charge in [-0.3, -0.25) is 4.79 Å². The second kappa shape index (κ2) is 7.41. The van der Waals surface area contributed by atoms with Crippen molar-refractivity contribution in [1.29, 1.82) is 0 Å². The first kappa shape index (κ1) is 17.0. The molecule has 0 aliphatic carbocycles. The van der Waals surface area contributed by atoms with E-state index in [4.69, 9.17) is 0 Å². The predicted octanol–water partition coefficient (Wildman–Crippen LogP) is -0.149. The molecule has 1 amide bonds. The lowest BCUT2D eigenvalue weighted by Crippen LogP contribution is -2.44. The molecule has 3 aromatic heterocycles. The highest BCUT2D eigenvalue weighted by molar-refractivity contribution is 6.02. The molecule has 0 bridgehead atoms. The summed E-state index contributed by atoms with van der Waals surface area (Å²) in [5.74, 6) is 1.30. The molecule has 0 saturated carbocycles. The van der Waals surface area contributed by atoms with E-state index in [2.05, 4.69) is 52.4 Å². The van der Waals surface area contributed by atoms with Crippen LogP contribution >= 0.6 is 0 Å². The van der Waals surface area contributed by atoms with E-state index >= 15 is 0 Å². The minimum Gasteiger partial charge on any atom is -0.354 e.